The van der Waals surface area contributed by atoms with E-state index in [1.807, 2.05) is 0 Å². The molecular formula is C9H15N3O. The van der Waals surface area contributed by atoms with Crippen molar-refractivity contribution in [1.29, 1.82) is 0 Å². The predicted molar refractivity (Wildman–Crippen MR) is 51.4 cm³/mol. The van der Waals surface area contributed by atoms with Crippen LogP contribution in [-0.4, -0.2) is 15.6 Å². The molecule has 0 amide bonds. The maximum atomic E-state index is 11.2. The van der Waals surface area contributed by atoms with Gasteiger partial charge in [-0.1, -0.05) is 13.3 Å². The van der Waals surface area contributed by atoms with Gasteiger partial charge < -0.3 is 5.73 Å². The molecule has 0 aromatic carbocycles. The van der Waals surface area contributed by atoms with Gasteiger partial charge in [-0.25, -0.2) is 4.98 Å². The molecule has 0 aliphatic heterocycles. The number of hydrogen-bond donors (Lipinski definition) is 1. The fourth-order valence-electron chi connectivity index (χ4n) is 1.23. The summed E-state index contributed by atoms with van der Waals surface area (Å²) in [6.07, 6.45) is 4.99. The van der Waals surface area contributed by atoms with E-state index >= 15 is 0 Å². The van der Waals surface area contributed by atoms with Crippen LogP contribution in [0.3, 0.4) is 0 Å². The largest absolute Gasteiger partial charge is 0.326 e. The average Bonchev–Trinajstić information content (AvgIpc) is 2.09. The van der Waals surface area contributed by atoms with E-state index in [9.17, 15) is 4.79 Å². The Morgan fingerprint density at radius 1 is 1.69 bits per heavy atom. The summed E-state index contributed by atoms with van der Waals surface area (Å²) in [7, 11) is 0. The number of rotatable bonds is 4. The SMILES string of the molecule is CCCC(N)Cn1cnccc1=O. The van der Waals surface area contributed by atoms with Gasteiger partial charge in [0.15, 0.2) is 0 Å². The first kappa shape index (κ1) is 9.92. The Hall–Kier alpha value is -1.16. The molecule has 72 valence electrons. The highest BCUT2D eigenvalue weighted by atomic mass is 16.1. The number of hydrogen-bond acceptors (Lipinski definition) is 3. The monoisotopic (exact) mass is 181 g/mol. The third-order valence-electron chi connectivity index (χ3n) is 1.88. The maximum Gasteiger partial charge on any atom is 0.253 e. The van der Waals surface area contributed by atoms with E-state index in [0.717, 1.165) is 12.8 Å². The Bertz CT molecular complexity index is 308. The van der Waals surface area contributed by atoms with E-state index in [4.69, 9.17) is 5.73 Å². The Kier molecular flexibility index (Phi) is 3.64. The number of nitrogens with zero attached hydrogens (tertiary/aromatic N) is 2. The van der Waals surface area contributed by atoms with Gasteiger partial charge in [0.2, 0.25) is 0 Å². The molecule has 0 saturated heterocycles. The fourth-order valence-corrected chi connectivity index (χ4v) is 1.23. The van der Waals surface area contributed by atoms with Gasteiger partial charge >= 0.3 is 0 Å². The molecule has 0 spiro atoms. The molecule has 4 heteroatoms. The summed E-state index contributed by atoms with van der Waals surface area (Å²) in [4.78, 5) is 15.1. The van der Waals surface area contributed by atoms with E-state index in [-0.39, 0.29) is 11.6 Å². The van der Waals surface area contributed by atoms with Crippen LogP contribution in [0, 0.1) is 0 Å². The minimum Gasteiger partial charge on any atom is -0.326 e. The molecule has 2 N–H and O–H groups in total. The van der Waals surface area contributed by atoms with Gasteiger partial charge in [0, 0.05) is 24.8 Å². The molecule has 1 unspecified atom stereocenters. The Morgan fingerprint density at radius 2 is 2.46 bits per heavy atom. The molecule has 1 aromatic heterocycles. The summed E-state index contributed by atoms with van der Waals surface area (Å²) in [6.45, 7) is 2.63. The molecular weight excluding hydrogens is 166 g/mol. The van der Waals surface area contributed by atoms with Crippen molar-refractivity contribution in [3.05, 3.63) is 28.9 Å². The maximum absolute atomic E-state index is 11.2. The molecule has 4 nitrogen and oxygen atoms in total. The second-order valence-electron chi connectivity index (χ2n) is 3.12. The lowest BCUT2D eigenvalue weighted by Crippen LogP contribution is -2.31. The molecule has 0 saturated carbocycles. The zero-order chi connectivity index (χ0) is 9.68. The zero-order valence-electron chi connectivity index (χ0n) is 7.81. The van der Waals surface area contributed by atoms with Crippen LogP contribution in [0.5, 0.6) is 0 Å². The lowest BCUT2D eigenvalue weighted by atomic mass is 10.2. The molecule has 0 bridgehead atoms. The van der Waals surface area contributed by atoms with Crippen molar-refractivity contribution < 1.29 is 0 Å². The van der Waals surface area contributed by atoms with Crippen LogP contribution >= 0.6 is 0 Å². The fraction of sp³-hybridized carbons (Fsp3) is 0.556. The van der Waals surface area contributed by atoms with E-state index in [0.29, 0.717) is 6.54 Å². The lowest BCUT2D eigenvalue weighted by Gasteiger charge is -2.11. The van der Waals surface area contributed by atoms with Crippen LogP contribution in [0.1, 0.15) is 19.8 Å². The molecule has 1 rings (SSSR count). The lowest BCUT2D eigenvalue weighted by molar-refractivity contribution is 0.500. The summed E-state index contributed by atoms with van der Waals surface area (Å²) in [5, 5.41) is 0. The molecule has 1 aromatic rings. The third kappa shape index (κ3) is 2.99. The quantitative estimate of drug-likeness (QED) is 0.730. The van der Waals surface area contributed by atoms with Crippen molar-refractivity contribution in [2.45, 2.75) is 32.4 Å². The van der Waals surface area contributed by atoms with Gasteiger partial charge in [0.1, 0.15) is 0 Å². The van der Waals surface area contributed by atoms with Crippen molar-refractivity contribution in [2.75, 3.05) is 0 Å². The van der Waals surface area contributed by atoms with Gasteiger partial charge in [-0.3, -0.25) is 9.36 Å². The first-order valence-electron chi connectivity index (χ1n) is 4.50. The van der Waals surface area contributed by atoms with E-state index in [1.165, 1.54) is 18.6 Å². The molecule has 1 atom stereocenters. The second-order valence-corrected chi connectivity index (χ2v) is 3.12. The molecule has 0 fully saturated rings. The molecule has 0 aliphatic carbocycles. The summed E-state index contributed by atoms with van der Waals surface area (Å²) in [5.41, 5.74) is 5.76. The van der Waals surface area contributed by atoms with Gasteiger partial charge in [-0.05, 0) is 6.42 Å². The van der Waals surface area contributed by atoms with Crippen LogP contribution in [0.15, 0.2) is 23.4 Å². The van der Waals surface area contributed by atoms with E-state index in [2.05, 4.69) is 11.9 Å². The third-order valence-corrected chi connectivity index (χ3v) is 1.88. The highest BCUT2D eigenvalue weighted by Crippen LogP contribution is 1.94. The van der Waals surface area contributed by atoms with Crippen LogP contribution in [0.4, 0.5) is 0 Å². The van der Waals surface area contributed by atoms with Crippen LogP contribution < -0.4 is 11.3 Å². The molecule has 0 aliphatic rings. The van der Waals surface area contributed by atoms with Crippen molar-refractivity contribution in [3.63, 3.8) is 0 Å². The Labute approximate surface area is 77.4 Å². The Morgan fingerprint density at radius 3 is 3.08 bits per heavy atom. The van der Waals surface area contributed by atoms with E-state index < -0.39 is 0 Å². The van der Waals surface area contributed by atoms with Crippen LogP contribution in [-0.2, 0) is 6.54 Å². The minimum absolute atomic E-state index is 0.0402. The van der Waals surface area contributed by atoms with Crippen LogP contribution in [0.2, 0.25) is 0 Å². The highest BCUT2D eigenvalue weighted by Gasteiger charge is 2.02. The number of nitrogens with two attached hydrogens (primary N) is 1. The average molecular weight is 181 g/mol. The van der Waals surface area contributed by atoms with Crippen molar-refractivity contribution in [2.24, 2.45) is 5.73 Å². The summed E-state index contributed by atoms with van der Waals surface area (Å²) in [6, 6.07) is 1.49. The first-order valence-corrected chi connectivity index (χ1v) is 4.50. The summed E-state index contributed by atoms with van der Waals surface area (Å²) in [5.74, 6) is 0. The second kappa shape index (κ2) is 4.77. The van der Waals surface area contributed by atoms with Gasteiger partial charge in [-0.2, -0.15) is 0 Å². The van der Waals surface area contributed by atoms with Crippen molar-refractivity contribution in [3.8, 4) is 0 Å². The first-order chi connectivity index (χ1) is 6.24. The van der Waals surface area contributed by atoms with Gasteiger partial charge in [0.25, 0.3) is 5.56 Å². The molecule has 0 radical (unpaired) electrons. The summed E-state index contributed by atoms with van der Waals surface area (Å²) < 4.78 is 1.54. The molecule has 13 heavy (non-hydrogen) atoms. The highest BCUT2D eigenvalue weighted by molar-refractivity contribution is 4.83. The van der Waals surface area contributed by atoms with Crippen molar-refractivity contribution >= 4 is 0 Å². The minimum atomic E-state index is -0.0402. The Balaban J connectivity index is 2.63. The standard InChI is InChI=1S/C9H15N3O/c1-2-3-8(10)6-12-7-11-5-4-9(12)13/h4-5,7-8H,2-3,6,10H2,1H3. The topological polar surface area (TPSA) is 60.9 Å². The number of aromatic nitrogens is 2. The van der Waals surface area contributed by atoms with Crippen molar-refractivity contribution in [1.82, 2.24) is 9.55 Å². The van der Waals surface area contributed by atoms with Crippen LogP contribution in [0.25, 0.3) is 0 Å². The predicted octanol–water partition coefficient (Wildman–Crippen LogP) is 0.371. The zero-order valence-corrected chi connectivity index (χ0v) is 7.81. The summed E-state index contributed by atoms with van der Waals surface area (Å²) >= 11 is 0. The molecule has 1 heterocycles. The smallest absolute Gasteiger partial charge is 0.253 e. The van der Waals surface area contributed by atoms with Gasteiger partial charge in [-0.15, -0.1) is 0 Å². The normalized spacial score (nSPS) is 12.8. The van der Waals surface area contributed by atoms with E-state index in [1.54, 1.807) is 4.57 Å². The van der Waals surface area contributed by atoms with Gasteiger partial charge in [0.05, 0.1) is 6.33 Å².